The Balaban J connectivity index is 1.63. The highest BCUT2D eigenvalue weighted by Gasteiger charge is 2.24. The molecule has 0 spiro atoms. The van der Waals surface area contributed by atoms with Gasteiger partial charge in [0.1, 0.15) is 4.83 Å². The highest BCUT2D eigenvalue weighted by molar-refractivity contribution is 7.99. The van der Waals surface area contributed by atoms with Crippen molar-refractivity contribution >= 4 is 39.2 Å². The Morgan fingerprint density at radius 1 is 1.19 bits per heavy atom. The van der Waals surface area contributed by atoms with E-state index in [1.807, 2.05) is 9.47 Å². The molecular formula is C20H27N3O2S2. The van der Waals surface area contributed by atoms with E-state index in [1.165, 1.54) is 22.2 Å². The van der Waals surface area contributed by atoms with Gasteiger partial charge in [0.05, 0.1) is 11.1 Å². The minimum absolute atomic E-state index is 0.103. The number of rotatable bonds is 7. The van der Waals surface area contributed by atoms with Gasteiger partial charge in [-0.2, -0.15) is 0 Å². The maximum atomic E-state index is 13.3. The van der Waals surface area contributed by atoms with Crippen molar-refractivity contribution in [2.75, 3.05) is 18.8 Å². The molecule has 3 heterocycles. The topological polar surface area (TPSA) is 55.2 Å². The predicted molar refractivity (Wildman–Crippen MR) is 112 cm³/mol. The molecule has 0 saturated carbocycles. The highest BCUT2D eigenvalue weighted by atomic mass is 32.2. The van der Waals surface area contributed by atoms with E-state index < -0.39 is 0 Å². The highest BCUT2D eigenvalue weighted by Crippen LogP contribution is 2.35. The van der Waals surface area contributed by atoms with E-state index in [2.05, 4.69) is 6.92 Å². The molecule has 0 bridgehead atoms. The Morgan fingerprint density at radius 2 is 2.00 bits per heavy atom. The van der Waals surface area contributed by atoms with Crippen molar-refractivity contribution in [1.29, 1.82) is 0 Å². The Morgan fingerprint density at radius 3 is 2.78 bits per heavy atom. The Hall–Kier alpha value is -1.34. The number of carbonyl (C=O) groups excluding carboxylic acids is 1. The van der Waals surface area contributed by atoms with Crippen LogP contribution in [0.2, 0.25) is 0 Å². The number of nitrogens with zero attached hydrogens (tertiary/aromatic N) is 3. The average molecular weight is 406 g/mol. The van der Waals surface area contributed by atoms with Gasteiger partial charge in [-0.25, -0.2) is 4.98 Å². The van der Waals surface area contributed by atoms with Crippen molar-refractivity contribution in [2.24, 2.45) is 0 Å². The van der Waals surface area contributed by atoms with Gasteiger partial charge in [0.15, 0.2) is 5.16 Å². The fourth-order valence-corrected chi connectivity index (χ4v) is 6.30. The summed E-state index contributed by atoms with van der Waals surface area (Å²) in [5.74, 6) is 0.539. The van der Waals surface area contributed by atoms with E-state index in [4.69, 9.17) is 4.98 Å². The third-order valence-electron chi connectivity index (χ3n) is 5.56. The predicted octanol–water partition coefficient (Wildman–Crippen LogP) is 3.85. The summed E-state index contributed by atoms with van der Waals surface area (Å²) in [6.07, 6.45) is 8.61. The van der Waals surface area contributed by atoms with Crippen LogP contribution < -0.4 is 5.56 Å². The second-order valence-corrected chi connectivity index (χ2v) is 9.50. The molecule has 1 aliphatic carbocycles. The number of aryl methyl sites for hydroxylation is 2. The molecular weight excluding hydrogens is 378 g/mol. The van der Waals surface area contributed by atoms with Crippen LogP contribution in [0.3, 0.4) is 0 Å². The first kappa shape index (κ1) is 19.0. The zero-order valence-electron chi connectivity index (χ0n) is 16.0. The minimum Gasteiger partial charge on any atom is -0.342 e. The van der Waals surface area contributed by atoms with Crippen molar-refractivity contribution in [3.63, 3.8) is 0 Å². The van der Waals surface area contributed by atoms with Crippen molar-refractivity contribution in [1.82, 2.24) is 14.5 Å². The van der Waals surface area contributed by atoms with Gasteiger partial charge < -0.3 is 4.90 Å². The normalized spacial score (nSPS) is 16.4. The molecule has 1 saturated heterocycles. The lowest BCUT2D eigenvalue weighted by Crippen LogP contribution is -2.30. The van der Waals surface area contributed by atoms with Crippen LogP contribution in [-0.4, -0.2) is 39.2 Å². The van der Waals surface area contributed by atoms with Crippen LogP contribution in [0.5, 0.6) is 0 Å². The molecule has 7 heteroatoms. The number of amides is 1. The van der Waals surface area contributed by atoms with Crippen LogP contribution in [0.25, 0.3) is 10.2 Å². The first-order valence-corrected chi connectivity index (χ1v) is 11.9. The summed E-state index contributed by atoms with van der Waals surface area (Å²) in [4.78, 5) is 34.7. The van der Waals surface area contributed by atoms with E-state index >= 15 is 0 Å². The number of carbonyl (C=O) groups is 1. The molecule has 27 heavy (non-hydrogen) atoms. The maximum absolute atomic E-state index is 13.3. The SMILES string of the molecule is CCCCCn1c(SCC(=O)N2CCCC2)nc2sc3c(c2c1=O)CCC3. The summed E-state index contributed by atoms with van der Waals surface area (Å²) >= 11 is 3.12. The molecule has 2 aromatic heterocycles. The standard InChI is InChI=1S/C20H27N3O2S2/c1-2-3-4-12-23-19(25)17-14-8-7-9-15(14)27-18(17)21-20(23)26-13-16(24)22-10-5-6-11-22/h2-13H2,1H3. The minimum atomic E-state index is 0.103. The summed E-state index contributed by atoms with van der Waals surface area (Å²) in [5.41, 5.74) is 1.34. The third-order valence-corrected chi connectivity index (χ3v) is 7.71. The molecule has 2 aromatic rings. The Kier molecular flexibility index (Phi) is 5.88. The zero-order valence-corrected chi connectivity index (χ0v) is 17.6. The molecule has 0 aromatic carbocycles. The van der Waals surface area contributed by atoms with Crippen LogP contribution in [-0.2, 0) is 24.2 Å². The molecule has 1 fully saturated rings. The number of thiophene rings is 1. The fraction of sp³-hybridized carbons (Fsp3) is 0.650. The summed E-state index contributed by atoms with van der Waals surface area (Å²) in [7, 11) is 0. The third kappa shape index (κ3) is 3.81. The molecule has 2 aliphatic rings. The van der Waals surface area contributed by atoms with E-state index in [0.29, 0.717) is 12.3 Å². The Bertz CT molecular complexity index is 897. The van der Waals surface area contributed by atoms with Gasteiger partial charge in [0.2, 0.25) is 5.91 Å². The second-order valence-electron chi connectivity index (χ2n) is 7.47. The van der Waals surface area contributed by atoms with E-state index in [9.17, 15) is 9.59 Å². The smallest absolute Gasteiger partial charge is 0.263 e. The van der Waals surface area contributed by atoms with Gasteiger partial charge in [-0.15, -0.1) is 11.3 Å². The number of aromatic nitrogens is 2. The first-order chi connectivity index (χ1) is 13.2. The maximum Gasteiger partial charge on any atom is 0.263 e. The molecule has 0 N–H and O–H groups in total. The molecule has 1 aliphatic heterocycles. The first-order valence-electron chi connectivity index (χ1n) is 10.1. The molecule has 1 amide bonds. The van der Waals surface area contributed by atoms with Crippen LogP contribution in [0.4, 0.5) is 0 Å². The largest absolute Gasteiger partial charge is 0.342 e. The van der Waals surface area contributed by atoms with Gasteiger partial charge in [-0.1, -0.05) is 31.5 Å². The quantitative estimate of drug-likeness (QED) is 0.399. The average Bonchev–Trinajstić information content (AvgIpc) is 3.38. The van der Waals surface area contributed by atoms with E-state index in [1.54, 1.807) is 11.3 Å². The van der Waals surface area contributed by atoms with Gasteiger partial charge >= 0.3 is 0 Å². The van der Waals surface area contributed by atoms with E-state index in [0.717, 1.165) is 79.8 Å². The van der Waals surface area contributed by atoms with Gasteiger partial charge in [-0.05, 0) is 44.1 Å². The molecule has 146 valence electrons. The zero-order chi connectivity index (χ0) is 18.8. The molecule has 0 unspecified atom stereocenters. The molecule has 0 atom stereocenters. The Labute approximate surface area is 168 Å². The monoisotopic (exact) mass is 405 g/mol. The van der Waals surface area contributed by atoms with Crippen LogP contribution >= 0.6 is 23.1 Å². The van der Waals surface area contributed by atoms with Crippen LogP contribution in [0.1, 0.15) is 55.9 Å². The lowest BCUT2D eigenvalue weighted by atomic mass is 10.2. The van der Waals surface area contributed by atoms with Crippen LogP contribution in [0.15, 0.2) is 9.95 Å². The lowest BCUT2D eigenvalue weighted by Gasteiger charge is -2.16. The van der Waals surface area contributed by atoms with E-state index in [-0.39, 0.29) is 11.5 Å². The second kappa shape index (κ2) is 8.35. The number of hydrogen-bond acceptors (Lipinski definition) is 5. The summed E-state index contributed by atoms with van der Waals surface area (Å²) in [6, 6.07) is 0. The summed E-state index contributed by atoms with van der Waals surface area (Å²) < 4.78 is 1.84. The van der Waals surface area contributed by atoms with Crippen LogP contribution in [0, 0.1) is 0 Å². The van der Waals surface area contributed by atoms with Gasteiger partial charge in [-0.3, -0.25) is 14.2 Å². The molecule has 0 radical (unpaired) electrons. The van der Waals surface area contributed by atoms with Crippen molar-refractivity contribution < 1.29 is 4.79 Å². The van der Waals surface area contributed by atoms with Crippen molar-refractivity contribution in [3.8, 4) is 0 Å². The number of thioether (sulfide) groups is 1. The lowest BCUT2D eigenvalue weighted by molar-refractivity contribution is -0.127. The summed E-state index contributed by atoms with van der Waals surface area (Å²) in [6.45, 7) is 4.60. The molecule has 4 rings (SSSR count). The van der Waals surface area contributed by atoms with Gasteiger partial charge in [0, 0.05) is 24.5 Å². The number of hydrogen-bond donors (Lipinski definition) is 0. The van der Waals surface area contributed by atoms with Gasteiger partial charge in [0.25, 0.3) is 5.56 Å². The fourth-order valence-electron chi connectivity index (χ4n) is 4.07. The number of likely N-dealkylation sites (tertiary alicyclic amines) is 1. The summed E-state index contributed by atoms with van der Waals surface area (Å²) in [5, 5.41) is 1.57. The number of fused-ring (bicyclic) bond motifs is 3. The van der Waals surface area contributed by atoms with Crippen molar-refractivity contribution in [2.45, 2.75) is 70.0 Å². The number of unbranched alkanes of at least 4 members (excludes halogenated alkanes) is 2. The van der Waals surface area contributed by atoms with Crippen molar-refractivity contribution in [3.05, 3.63) is 20.8 Å². The molecule has 5 nitrogen and oxygen atoms in total.